The number of hydrogen-bond acceptors (Lipinski definition) is 5. The summed E-state index contributed by atoms with van der Waals surface area (Å²) >= 11 is 0. The zero-order chi connectivity index (χ0) is 17.6. The van der Waals surface area contributed by atoms with E-state index in [0.717, 1.165) is 0 Å². The Morgan fingerprint density at radius 3 is 2.60 bits per heavy atom. The lowest BCUT2D eigenvalue weighted by Crippen LogP contribution is -2.06. The van der Waals surface area contributed by atoms with Gasteiger partial charge in [-0.2, -0.15) is 5.26 Å². The molecule has 3 aromatic rings. The predicted octanol–water partition coefficient (Wildman–Crippen LogP) is 3.29. The lowest BCUT2D eigenvalue weighted by atomic mass is 10.00. The van der Waals surface area contributed by atoms with Gasteiger partial charge in [0, 0.05) is 17.7 Å². The Morgan fingerprint density at radius 1 is 1.20 bits per heavy atom. The van der Waals surface area contributed by atoms with Crippen molar-refractivity contribution in [3.8, 4) is 6.07 Å². The van der Waals surface area contributed by atoms with E-state index >= 15 is 0 Å². The van der Waals surface area contributed by atoms with Gasteiger partial charge in [-0.3, -0.25) is 19.5 Å². The molecule has 1 atom stereocenters. The number of nitriles is 1. The van der Waals surface area contributed by atoms with Crippen molar-refractivity contribution in [2.24, 2.45) is 0 Å². The van der Waals surface area contributed by atoms with Gasteiger partial charge in [-0.15, -0.1) is 0 Å². The fourth-order valence-corrected chi connectivity index (χ4v) is 2.99. The van der Waals surface area contributed by atoms with E-state index in [1.54, 1.807) is 30.3 Å². The SMILES string of the molecule is N#CC1/C(=C\c2ccc([N+](=O)[O-])cc2)C(=O)n2c1nc1ccccc12. The molecule has 0 aliphatic carbocycles. The van der Waals surface area contributed by atoms with Gasteiger partial charge in [-0.05, 0) is 35.9 Å². The number of para-hydroxylation sites is 2. The summed E-state index contributed by atoms with van der Waals surface area (Å²) in [4.78, 5) is 27.5. The molecular formula is C18H10N4O3. The Morgan fingerprint density at radius 2 is 1.92 bits per heavy atom. The molecule has 2 aromatic carbocycles. The Balaban J connectivity index is 1.81. The lowest BCUT2D eigenvalue weighted by Gasteiger charge is -2.01. The van der Waals surface area contributed by atoms with Crippen LogP contribution in [0, 0.1) is 21.4 Å². The minimum atomic E-state index is -0.768. The number of rotatable bonds is 2. The van der Waals surface area contributed by atoms with Crippen molar-refractivity contribution in [3.63, 3.8) is 0 Å². The molecule has 7 nitrogen and oxygen atoms in total. The number of hydrogen-bond donors (Lipinski definition) is 0. The third-order valence-corrected chi connectivity index (χ3v) is 4.16. The molecule has 7 heteroatoms. The van der Waals surface area contributed by atoms with Crippen LogP contribution in [0.4, 0.5) is 5.69 Å². The second-order valence-corrected chi connectivity index (χ2v) is 5.61. The van der Waals surface area contributed by atoms with Crippen LogP contribution in [0.25, 0.3) is 17.1 Å². The quantitative estimate of drug-likeness (QED) is 0.407. The molecule has 0 saturated carbocycles. The average Bonchev–Trinajstić information content (AvgIpc) is 3.11. The molecule has 1 aromatic heterocycles. The topological polar surface area (TPSA) is 102 Å². The molecule has 1 aliphatic rings. The molecule has 25 heavy (non-hydrogen) atoms. The number of aromatic nitrogens is 2. The van der Waals surface area contributed by atoms with Crippen molar-refractivity contribution < 1.29 is 9.72 Å². The second-order valence-electron chi connectivity index (χ2n) is 5.61. The predicted molar refractivity (Wildman–Crippen MR) is 89.8 cm³/mol. The number of imidazole rings is 1. The molecule has 1 unspecified atom stereocenters. The second kappa shape index (κ2) is 5.39. The Labute approximate surface area is 141 Å². The zero-order valence-corrected chi connectivity index (χ0v) is 12.8. The highest BCUT2D eigenvalue weighted by molar-refractivity contribution is 6.09. The van der Waals surface area contributed by atoms with E-state index in [2.05, 4.69) is 11.1 Å². The minimum Gasteiger partial charge on any atom is -0.269 e. The molecule has 0 fully saturated rings. The van der Waals surface area contributed by atoms with E-state index in [-0.39, 0.29) is 11.6 Å². The molecule has 0 amide bonds. The summed E-state index contributed by atoms with van der Waals surface area (Å²) in [6.07, 6.45) is 1.59. The first-order valence-electron chi connectivity index (χ1n) is 7.48. The van der Waals surface area contributed by atoms with Crippen LogP contribution in [0.15, 0.2) is 54.1 Å². The summed E-state index contributed by atoms with van der Waals surface area (Å²) in [7, 11) is 0. The molecule has 0 radical (unpaired) electrons. The average molecular weight is 330 g/mol. The number of nitro benzene ring substituents is 1. The van der Waals surface area contributed by atoms with Gasteiger partial charge in [0.2, 0.25) is 0 Å². The molecule has 4 rings (SSSR count). The summed E-state index contributed by atoms with van der Waals surface area (Å²) in [5.41, 5.74) is 2.22. The highest BCUT2D eigenvalue weighted by Gasteiger charge is 2.37. The fourth-order valence-electron chi connectivity index (χ4n) is 2.99. The molecular weight excluding hydrogens is 320 g/mol. The van der Waals surface area contributed by atoms with Gasteiger partial charge in [-0.25, -0.2) is 4.98 Å². The Bertz CT molecular complexity index is 1100. The van der Waals surface area contributed by atoms with Crippen LogP contribution in [-0.4, -0.2) is 20.4 Å². The van der Waals surface area contributed by atoms with Crippen molar-refractivity contribution in [2.75, 3.05) is 0 Å². The standard InChI is InChI=1S/C18H10N4O3/c19-10-14-13(9-11-5-7-12(8-6-11)22(24)25)18(23)21-16-4-2-1-3-15(16)20-17(14)21/h1-9,14H/b13-9+. The van der Waals surface area contributed by atoms with Crippen LogP contribution in [0.5, 0.6) is 0 Å². The maximum Gasteiger partial charge on any atom is 0.269 e. The normalized spacial score (nSPS) is 17.6. The van der Waals surface area contributed by atoms with Gasteiger partial charge in [-0.1, -0.05) is 12.1 Å². The van der Waals surface area contributed by atoms with Crippen molar-refractivity contribution in [1.29, 1.82) is 5.26 Å². The summed E-state index contributed by atoms with van der Waals surface area (Å²) in [5, 5.41) is 20.3. The Kier molecular flexibility index (Phi) is 3.18. The molecule has 1 aliphatic heterocycles. The number of carbonyl (C=O) groups is 1. The van der Waals surface area contributed by atoms with Gasteiger partial charge >= 0.3 is 0 Å². The number of nitrogens with zero attached hydrogens (tertiary/aromatic N) is 4. The van der Waals surface area contributed by atoms with Crippen LogP contribution in [0.1, 0.15) is 22.1 Å². The highest BCUT2D eigenvalue weighted by Crippen LogP contribution is 2.36. The van der Waals surface area contributed by atoms with Gasteiger partial charge in [0.15, 0.2) is 0 Å². The molecule has 0 saturated heterocycles. The summed E-state index contributed by atoms with van der Waals surface area (Å²) in [6, 6.07) is 15.2. The van der Waals surface area contributed by atoms with Crippen molar-refractivity contribution >= 4 is 28.7 Å². The highest BCUT2D eigenvalue weighted by atomic mass is 16.6. The molecule has 120 valence electrons. The van der Waals surface area contributed by atoms with E-state index in [9.17, 15) is 20.2 Å². The molecule has 0 N–H and O–H groups in total. The van der Waals surface area contributed by atoms with Crippen molar-refractivity contribution in [2.45, 2.75) is 5.92 Å². The van der Waals surface area contributed by atoms with Gasteiger partial charge < -0.3 is 0 Å². The largest absolute Gasteiger partial charge is 0.269 e. The fraction of sp³-hybridized carbons (Fsp3) is 0.0556. The molecule has 0 spiro atoms. The summed E-state index contributed by atoms with van der Waals surface area (Å²) in [5.74, 6) is -0.662. The van der Waals surface area contributed by atoms with E-state index in [1.165, 1.54) is 16.7 Å². The summed E-state index contributed by atoms with van der Waals surface area (Å²) < 4.78 is 1.46. The van der Waals surface area contributed by atoms with Gasteiger partial charge in [0.05, 0.1) is 22.0 Å². The third kappa shape index (κ3) is 2.20. The lowest BCUT2D eigenvalue weighted by molar-refractivity contribution is -0.384. The van der Waals surface area contributed by atoms with Crippen LogP contribution in [-0.2, 0) is 0 Å². The van der Waals surface area contributed by atoms with Crippen LogP contribution in [0.3, 0.4) is 0 Å². The number of non-ortho nitro benzene ring substituents is 1. The number of allylic oxidation sites excluding steroid dienone is 1. The van der Waals surface area contributed by atoms with Crippen molar-refractivity contribution in [1.82, 2.24) is 9.55 Å². The minimum absolute atomic E-state index is 0.0318. The number of carbonyl (C=O) groups excluding carboxylic acids is 1. The first-order chi connectivity index (χ1) is 12.1. The van der Waals surface area contributed by atoms with Crippen LogP contribution in [0.2, 0.25) is 0 Å². The first kappa shape index (κ1) is 14.8. The maximum absolute atomic E-state index is 12.8. The van der Waals surface area contributed by atoms with Gasteiger partial charge in [0.25, 0.3) is 11.6 Å². The monoisotopic (exact) mass is 330 g/mol. The van der Waals surface area contributed by atoms with E-state index in [0.29, 0.717) is 28.0 Å². The van der Waals surface area contributed by atoms with E-state index < -0.39 is 10.8 Å². The Hall–Kier alpha value is -3.79. The van der Waals surface area contributed by atoms with Crippen LogP contribution < -0.4 is 0 Å². The number of fused-ring (bicyclic) bond motifs is 3. The molecule has 2 heterocycles. The van der Waals surface area contributed by atoms with E-state index in [4.69, 9.17) is 0 Å². The van der Waals surface area contributed by atoms with E-state index in [1.807, 2.05) is 12.1 Å². The zero-order valence-electron chi connectivity index (χ0n) is 12.8. The van der Waals surface area contributed by atoms with Gasteiger partial charge in [0.1, 0.15) is 11.7 Å². The smallest absolute Gasteiger partial charge is 0.269 e. The van der Waals surface area contributed by atoms with Crippen molar-refractivity contribution in [3.05, 3.63) is 75.6 Å². The third-order valence-electron chi connectivity index (χ3n) is 4.16. The molecule has 0 bridgehead atoms. The van der Waals surface area contributed by atoms with Crippen LogP contribution >= 0.6 is 0 Å². The first-order valence-corrected chi connectivity index (χ1v) is 7.48. The maximum atomic E-state index is 12.8. The number of nitro groups is 1. The summed E-state index contributed by atoms with van der Waals surface area (Å²) in [6.45, 7) is 0. The number of benzene rings is 2.